The van der Waals surface area contributed by atoms with Crippen LogP contribution in [0.25, 0.3) is 0 Å². The van der Waals surface area contributed by atoms with Gasteiger partial charge in [-0.05, 0) is 49.1 Å². The number of carbonyl (C=O) groups excluding carboxylic acids is 1. The lowest BCUT2D eigenvalue weighted by atomic mass is 10.1. The average Bonchev–Trinajstić information content (AvgIpc) is 3.30. The highest BCUT2D eigenvalue weighted by molar-refractivity contribution is 7.88. The molecule has 0 N–H and O–H groups in total. The minimum absolute atomic E-state index is 0.0512. The Labute approximate surface area is 218 Å². The minimum atomic E-state index is -3.51. The quantitative estimate of drug-likeness (QED) is 0.483. The highest BCUT2D eigenvalue weighted by atomic mass is 32.2. The number of aromatic nitrogens is 1. The number of benzene rings is 1. The Hall–Kier alpha value is -2.73. The Kier molecular flexibility index (Phi) is 8.68. The van der Waals surface area contributed by atoms with Crippen molar-refractivity contribution in [3.63, 3.8) is 0 Å². The molecule has 1 aromatic heterocycles. The van der Waals surface area contributed by atoms with Crippen LogP contribution in [0.4, 0.5) is 0 Å². The third kappa shape index (κ3) is 6.23. The molecule has 0 saturated carbocycles. The zero-order valence-corrected chi connectivity index (χ0v) is 22.6. The van der Waals surface area contributed by atoms with E-state index >= 15 is 0 Å². The molecule has 202 valence electrons. The Balaban J connectivity index is 1.45. The van der Waals surface area contributed by atoms with Gasteiger partial charge in [-0.2, -0.15) is 0 Å². The second-order valence-electron chi connectivity index (χ2n) is 9.42. The predicted octanol–water partition coefficient (Wildman–Crippen LogP) is 2.26. The van der Waals surface area contributed by atoms with Crippen molar-refractivity contribution in [2.24, 2.45) is 0 Å². The summed E-state index contributed by atoms with van der Waals surface area (Å²) in [5.74, 6) is 0.480. The molecule has 3 heterocycles. The monoisotopic (exact) mass is 533 g/mol. The van der Waals surface area contributed by atoms with Gasteiger partial charge in [0.1, 0.15) is 23.5 Å². The summed E-state index contributed by atoms with van der Waals surface area (Å²) in [6, 6.07) is 8.79. The smallest absolute Gasteiger partial charge is 0.259 e. The van der Waals surface area contributed by atoms with Gasteiger partial charge in [-0.15, -0.1) is 0 Å². The van der Waals surface area contributed by atoms with Gasteiger partial charge in [0.25, 0.3) is 5.91 Å². The molecule has 0 unspecified atom stereocenters. The van der Waals surface area contributed by atoms with Gasteiger partial charge in [-0.3, -0.25) is 4.79 Å². The fourth-order valence-corrected chi connectivity index (χ4v) is 6.30. The molecule has 4 rings (SSSR count). The number of rotatable bonds is 9. The molecule has 2 aromatic rings. The first-order valence-corrected chi connectivity index (χ1v) is 13.9. The molecule has 2 aliphatic heterocycles. The van der Waals surface area contributed by atoms with E-state index in [1.54, 1.807) is 55.6 Å². The number of aryl methyl sites for hydroxylation is 1. The second-order valence-corrected chi connectivity index (χ2v) is 11.4. The van der Waals surface area contributed by atoms with Crippen LogP contribution in [0.2, 0.25) is 0 Å². The molecule has 11 heteroatoms. The molecule has 2 saturated heterocycles. The maximum atomic E-state index is 13.3. The van der Waals surface area contributed by atoms with E-state index in [9.17, 15) is 13.2 Å². The van der Waals surface area contributed by atoms with E-state index in [1.165, 1.54) is 11.4 Å². The summed E-state index contributed by atoms with van der Waals surface area (Å²) in [6.45, 7) is 3.64. The highest BCUT2D eigenvalue weighted by Gasteiger charge is 2.39. The molecule has 37 heavy (non-hydrogen) atoms. The Morgan fingerprint density at radius 3 is 2.59 bits per heavy atom. The van der Waals surface area contributed by atoms with E-state index in [0.717, 1.165) is 5.56 Å². The standard InChI is InChI=1S/C26H35N3O7S/c1-18-8-11-27-25(34-4)24(18)26(30)29-15-22(33-3)23(16-29)36-21-7-5-6-19(14-21)17-37(31,32)28(2)20-9-12-35-13-10-20/h5-8,11,14,20,22-23H,9-10,12-13,15-17H2,1-4H3/t22-,23-/m1/s1. The molecule has 0 bridgehead atoms. The number of methoxy groups -OCH3 is 2. The van der Waals surface area contributed by atoms with Gasteiger partial charge in [-0.25, -0.2) is 17.7 Å². The minimum Gasteiger partial charge on any atom is -0.486 e. The molecule has 2 fully saturated rings. The molecule has 10 nitrogen and oxygen atoms in total. The normalized spacial score (nSPS) is 20.8. The molecule has 1 amide bonds. The van der Waals surface area contributed by atoms with Crippen LogP contribution in [0.15, 0.2) is 36.5 Å². The van der Waals surface area contributed by atoms with Gasteiger partial charge in [0.05, 0.1) is 26.0 Å². The van der Waals surface area contributed by atoms with Crippen LogP contribution in [-0.4, -0.2) is 94.3 Å². The third-order valence-electron chi connectivity index (χ3n) is 7.02. The van der Waals surface area contributed by atoms with Crippen molar-refractivity contribution in [2.75, 3.05) is 47.6 Å². The van der Waals surface area contributed by atoms with Crippen molar-refractivity contribution in [3.05, 3.63) is 53.2 Å². The zero-order valence-electron chi connectivity index (χ0n) is 21.8. The van der Waals surface area contributed by atoms with E-state index in [4.69, 9.17) is 18.9 Å². The SMILES string of the molecule is COc1nccc(C)c1C(=O)N1C[C@@H](OC)[C@H](Oc2cccc(CS(=O)(=O)N(C)C3CCOCC3)c2)C1. The summed E-state index contributed by atoms with van der Waals surface area (Å²) >= 11 is 0. The van der Waals surface area contributed by atoms with Crippen LogP contribution in [0.5, 0.6) is 11.6 Å². The summed E-state index contributed by atoms with van der Waals surface area (Å²) in [4.78, 5) is 19.2. The summed E-state index contributed by atoms with van der Waals surface area (Å²) in [6.07, 6.45) is 2.22. The number of sulfonamides is 1. The Bertz CT molecular complexity index is 1200. The number of amides is 1. The van der Waals surface area contributed by atoms with Gasteiger partial charge in [0.2, 0.25) is 15.9 Å². The second kappa shape index (κ2) is 11.8. The van der Waals surface area contributed by atoms with Crippen molar-refractivity contribution in [1.82, 2.24) is 14.2 Å². The first-order chi connectivity index (χ1) is 17.7. The summed E-state index contributed by atoms with van der Waals surface area (Å²) in [5.41, 5.74) is 1.82. The van der Waals surface area contributed by atoms with Crippen molar-refractivity contribution >= 4 is 15.9 Å². The number of hydrogen-bond donors (Lipinski definition) is 0. The molecule has 0 spiro atoms. The fraction of sp³-hybridized carbons (Fsp3) is 0.538. The van der Waals surface area contributed by atoms with Gasteiger partial charge in [0.15, 0.2) is 0 Å². The van der Waals surface area contributed by atoms with E-state index in [1.807, 2.05) is 6.92 Å². The Morgan fingerprint density at radius 2 is 1.89 bits per heavy atom. The van der Waals surface area contributed by atoms with E-state index in [2.05, 4.69) is 4.98 Å². The summed E-state index contributed by atoms with van der Waals surface area (Å²) < 4.78 is 50.1. The van der Waals surface area contributed by atoms with E-state index in [0.29, 0.717) is 56.0 Å². The number of likely N-dealkylation sites (tertiary alicyclic amines) is 1. The summed E-state index contributed by atoms with van der Waals surface area (Å²) in [5, 5.41) is 0. The topological polar surface area (TPSA) is 108 Å². The fourth-order valence-electron chi connectivity index (χ4n) is 4.83. The number of pyridine rings is 1. The largest absolute Gasteiger partial charge is 0.486 e. The van der Waals surface area contributed by atoms with Gasteiger partial charge in [-0.1, -0.05) is 12.1 Å². The predicted molar refractivity (Wildman–Crippen MR) is 137 cm³/mol. The lowest BCUT2D eigenvalue weighted by molar-refractivity contribution is 0.0339. The van der Waals surface area contributed by atoms with Crippen molar-refractivity contribution in [1.29, 1.82) is 0 Å². The average molecular weight is 534 g/mol. The Morgan fingerprint density at radius 1 is 1.16 bits per heavy atom. The molecule has 0 aliphatic carbocycles. The van der Waals surface area contributed by atoms with Gasteiger partial charge in [0, 0.05) is 39.6 Å². The molecule has 2 aliphatic rings. The molecular formula is C26H35N3O7S. The van der Waals surface area contributed by atoms with Crippen LogP contribution >= 0.6 is 0 Å². The molecule has 0 radical (unpaired) electrons. The number of ether oxygens (including phenoxy) is 4. The highest BCUT2D eigenvalue weighted by Crippen LogP contribution is 2.27. The lowest BCUT2D eigenvalue weighted by Crippen LogP contribution is -2.41. The van der Waals surface area contributed by atoms with Crippen molar-refractivity contribution in [2.45, 2.75) is 43.8 Å². The van der Waals surface area contributed by atoms with Crippen molar-refractivity contribution in [3.8, 4) is 11.6 Å². The van der Waals surface area contributed by atoms with Crippen molar-refractivity contribution < 1.29 is 32.2 Å². The van der Waals surface area contributed by atoms with Crippen LogP contribution in [0.3, 0.4) is 0 Å². The van der Waals surface area contributed by atoms with Gasteiger partial charge >= 0.3 is 0 Å². The first kappa shape index (κ1) is 27.3. The number of hydrogen-bond acceptors (Lipinski definition) is 8. The maximum absolute atomic E-state index is 13.3. The third-order valence-corrected chi connectivity index (χ3v) is 8.89. The van der Waals surface area contributed by atoms with Crippen LogP contribution in [0, 0.1) is 6.92 Å². The molecule has 1 aromatic carbocycles. The first-order valence-electron chi connectivity index (χ1n) is 12.3. The van der Waals surface area contributed by atoms with Crippen LogP contribution in [0.1, 0.15) is 34.3 Å². The maximum Gasteiger partial charge on any atom is 0.259 e. The summed E-state index contributed by atoms with van der Waals surface area (Å²) in [7, 11) is 1.20. The lowest BCUT2D eigenvalue weighted by Gasteiger charge is -2.30. The van der Waals surface area contributed by atoms with Gasteiger partial charge < -0.3 is 23.8 Å². The van der Waals surface area contributed by atoms with Crippen LogP contribution in [-0.2, 0) is 25.2 Å². The van der Waals surface area contributed by atoms with E-state index in [-0.39, 0.29) is 29.7 Å². The number of carbonyl (C=O) groups is 1. The zero-order chi connectivity index (χ0) is 26.6. The number of nitrogens with zero attached hydrogens (tertiary/aromatic N) is 3. The van der Waals surface area contributed by atoms with E-state index < -0.39 is 16.1 Å². The molecular weight excluding hydrogens is 498 g/mol. The van der Waals surface area contributed by atoms with Crippen LogP contribution < -0.4 is 9.47 Å². The molecule has 2 atom stereocenters.